The summed E-state index contributed by atoms with van der Waals surface area (Å²) in [5, 5.41) is 11.6. The zero-order valence-corrected chi connectivity index (χ0v) is 10.8. The van der Waals surface area contributed by atoms with Crippen molar-refractivity contribution in [2.45, 2.75) is 33.6 Å². The lowest BCUT2D eigenvalue weighted by atomic mass is 9.97. The summed E-state index contributed by atoms with van der Waals surface area (Å²) in [6.07, 6.45) is 1.14. The van der Waals surface area contributed by atoms with Crippen LogP contribution in [0.1, 0.15) is 28.7 Å². The van der Waals surface area contributed by atoms with Crippen molar-refractivity contribution in [1.82, 2.24) is 5.32 Å². The summed E-state index contributed by atoms with van der Waals surface area (Å²) in [6, 6.07) is 4.31. The molecule has 3 nitrogen and oxygen atoms in total. The molecule has 1 rings (SSSR count). The summed E-state index contributed by atoms with van der Waals surface area (Å²) >= 11 is 0. The highest BCUT2D eigenvalue weighted by Gasteiger charge is 2.03. The molecule has 0 amide bonds. The van der Waals surface area contributed by atoms with Gasteiger partial charge in [0.15, 0.2) is 0 Å². The van der Waals surface area contributed by atoms with Gasteiger partial charge in [-0.2, -0.15) is 0 Å². The molecular formula is C14H21NO2. The maximum Gasteiger partial charge on any atom is 0.304 e. The minimum absolute atomic E-state index is 0.186. The number of nitrogens with one attached hydrogen (secondary N) is 1. The molecule has 17 heavy (non-hydrogen) atoms. The van der Waals surface area contributed by atoms with Crippen molar-refractivity contribution in [2.24, 2.45) is 0 Å². The van der Waals surface area contributed by atoms with Crippen LogP contribution in [0.2, 0.25) is 0 Å². The van der Waals surface area contributed by atoms with Crippen molar-refractivity contribution >= 4 is 5.97 Å². The second kappa shape index (κ2) is 6.40. The average molecular weight is 235 g/mol. The molecule has 1 aromatic rings. The van der Waals surface area contributed by atoms with Crippen molar-refractivity contribution in [3.63, 3.8) is 0 Å². The molecule has 3 heteroatoms. The molecule has 0 aliphatic heterocycles. The fraction of sp³-hybridized carbons (Fsp3) is 0.500. The SMILES string of the molecule is Cc1ccc(CCNCCC(=O)O)c(C)c1C. The van der Waals surface area contributed by atoms with Crippen LogP contribution in [0.25, 0.3) is 0 Å². The maximum atomic E-state index is 10.3. The summed E-state index contributed by atoms with van der Waals surface area (Å²) in [5.41, 5.74) is 5.37. The van der Waals surface area contributed by atoms with Gasteiger partial charge in [0.05, 0.1) is 6.42 Å². The molecule has 0 aliphatic carbocycles. The van der Waals surface area contributed by atoms with Crippen molar-refractivity contribution in [3.8, 4) is 0 Å². The monoisotopic (exact) mass is 235 g/mol. The number of hydrogen-bond donors (Lipinski definition) is 2. The lowest BCUT2D eigenvalue weighted by molar-refractivity contribution is -0.136. The summed E-state index contributed by atoms with van der Waals surface area (Å²) in [5.74, 6) is -0.750. The smallest absolute Gasteiger partial charge is 0.304 e. The van der Waals surface area contributed by atoms with Crippen LogP contribution in [-0.2, 0) is 11.2 Å². The Bertz CT molecular complexity index is 399. The number of hydrogen-bond acceptors (Lipinski definition) is 2. The van der Waals surface area contributed by atoms with E-state index >= 15 is 0 Å². The van der Waals surface area contributed by atoms with E-state index in [2.05, 4.69) is 38.2 Å². The lowest BCUT2D eigenvalue weighted by Gasteiger charge is -2.11. The Kier molecular flexibility index (Phi) is 5.16. The van der Waals surface area contributed by atoms with Crippen LogP contribution in [0.4, 0.5) is 0 Å². The van der Waals surface area contributed by atoms with Crippen LogP contribution in [0.3, 0.4) is 0 Å². The first-order valence-corrected chi connectivity index (χ1v) is 6.00. The predicted octanol–water partition coefficient (Wildman–Crippen LogP) is 2.22. The second-order valence-corrected chi connectivity index (χ2v) is 4.44. The first-order valence-electron chi connectivity index (χ1n) is 6.00. The van der Waals surface area contributed by atoms with Crippen LogP contribution in [0.5, 0.6) is 0 Å². The van der Waals surface area contributed by atoms with Gasteiger partial charge in [0, 0.05) is 6.54 Å². The van der Waals surface area contributed by atoms with Gasteiger partial charge in [0.2, 0.25) is 0 Å². The summed E-state index contributed by atoms with van der Waals surface area (Å²) < 4.78 is 0. The fourth-order valence-corrected chi connectivity index (χ4v) is 1.83. The number of carboxylic acid groups (broad SMARTS) is 1. The lowest BCUT2D eigenvalue weighted by Crippen LogP contribution is -2.21. The summed E-state index contributed by atoms with van der Waals surface area (Å²) in [6.45, 7) is 7.79. The molecule has 0 saturated heterocycles. The minimum atomic E-state index is -0.750. The van der Waals surface area contributed by atoms with E-state index in [1.54, 1.807) is 0 Å². The summed E-state index contributed by atoms with van der Waals surface area (Å²) in [7, 11) is 0. The molecule has 2 N–H and O–H groups in total. The predicted molar refractivity (Wildman–Crippen MR) is 69.5 cm³/mol. The third-order valence-corrected chi connectivity index (χ3v) is 3.26. The number of benzene rings is 1. The van der Waals surface area contributed by atoms with E-state index in [-0.39, 0.29) is 6.42 Å². The molecular weight excluding hydrogens is 214 g/mol. The second-order valence-electron chi connectivity index (χ2n) is 4.44. The zero-order valence-electron chi connectivity index (χ0n) is 10.8. The van der Waals surface area contributed by atoms with Gasteiger partial charge in [-0.05, 0) is 56.0 Å². The van der Waals surface area contributed by atoms with Gasteiger partial charge in [0.25, 0.3) is 0 Å². The molecule has 0 bridgehead atoms. The first-order chi connectivity index (χ1) is 8.02. The van der Waals surface area contributed by atoms with Crippen molar-refractivity contribution in [1.29, 1.82) is 0 Å². The van der Waals surface area contributed by atoms with E-state index in [0.29, 0.717) is 6.54 Å². The van der Waals surface area contributed by atoms with Crippen molar-refractivity contribution < 1.29 is 9.90 Å². The molecule has 0 fully saturated rings. The minimum Gasteiger partial charge on any atom is -0.481 e. The largest absolute Gasteiger partial charge is 0.481 e. The number of rotatable bonds is 6. The number of carboxylic acids is 1. The van der Waals surface area contributed by atoms with Crippen LogP contribution >= 0.6 is 0 Å². The third kappa shape index (κ3) is 4.19. The molecule has 0 radical (unpaired) electrons. The maximum absolute atomic E-state index is 10.3. The number of carbonyl (C=O) groups is 1. The quantitative estimate of drug-likeness (QED) is 0.743. The topological polar surface area (TPSA) is 49.3 Å². The van der Waals surface area contributed by atoms with Crippen LogP contribution < -0.4 is 5.32 Å². The molecule has 0 atom stereocenters. The van der Waals surface area contributed by atoms with Crippen LogP contribution in [0, 0.1) is 20.8 Å². The van der Waals surface area contributed by atoms with E-state index in [0.717, 1.165) is 13.0 Å². The highest BCUT2D eigenvalue weighted by molar-refractivity contribution is 5.66. The van der Waals surface area contributed by atoms with E-state index in [1.807, 2.05) is 0 Å². The molecule has 0 aromatic heterocycles. The highest BCUT2D eigenvalue weighted by Crippen LogP contribution is 2.17. The van der Waals surface area contributed by atoms with Crippen LogP contribution in [0.15, 0.2) is 12.1 Å². The molecule has 0 unspecified atom stereocenters. The van der Waals surface area contributed by atoms with Crippen molar-refractivity contribution in [3.05, 3.63) is 34.4 Å². The Morgan fingerprint density at radius 3 is 2.53 bits per heavy atom. The molecule has 0 saturated carbocycles. The number of aliphatic carboxylic acids is 1. The Morgan fingerprint density at radius 2 is 1.88 bits per heavy atom. The van der Waals surface area contributed by atoms with Gasteiger partial charge in [-0.1, -0.05) is 12.1 Å². The van der Waals surface area contributed by atoms with E-state index in [4.69, 9.17) is 5.11 Å². The normalized spacial score (nSPS) is 10.5. The Morgan fingerprint density at radius 1 is 1.18 bits per heavy atom. The molecule has 1 aromatic carbocycles. The third-order valence-electron chi connectivity index (χ3n) is 3.26. The van der Waals surface area contributed by atoms with E-state index in [1.165, 1.54) is 22.3 Å². The number of aryl methyl sites for hydroxylation is 1. The highest BCUT2D eigenvalue weighted by atomic mass is 16.4. The van der Waals surface area contributed by atoms with Crippen molar-refractivity contribution in [2.75, 3.05) is 13.1 Å². The van der Waals surface area contributed by atoms with Gasteiger partial charge in [-0.15, -0.1) is 0 Å². The Balaban J connectivity index is 2.42. The summed E-state index contributed by atoms with van der Waals surface area (Å²) in [4.78, 5) is 10.3. The molecule has 0 aliphatic rings. The van der Waals surface area contributed by atoms with Gasteiger partial charge < -0.3 is 10.4 Å². The van der Waals surface area contributed by atoms with Gasteiger partial charge in [-0.25, -0.2) is 0 Å². The molecule has 0 heterocycles. The standard InChI is InChI=1S/C14H21NO2/c1-10-4-5-13(12(3)11(10)2)6-8-15-9-7-14(16)17/h4-5,15H,6-9H2,1-3H3,(H,16,17). The fourth-order valence-electron chi connectivity index (χ4n) is 1.83. The molecule has 0 spiro atoms. The Hall–Kier alpha value is -1.35. The van der Waals surface area contributed by atoms with Gasteiger partial charge in [0.1, 0.15) is 0 Å². The van der Waals surface area contributed by atoms with Gasteiger partial charge >= 0.3 is 5.97 Å². The Labute approximate surface area is 103 Å². The van der Waals surface area contributed by atoms with E-state index < -0.39 is 5.97 Å². The first kappa shape index (κ1) is 13.7. The zero-order chi connectivity index (χ0) is 12.8. The van der Waals surface area contributed by atoms with Gasteiger partial charge in [-0.3, -0.25) is 4.79 Å². The van der Waals surface area contributed by atoms with Crippen LogP contribution in [-0.4, -0.2) is 24.2 Å². The van der Waals surface area contributed by atoms with E-state index in [9.17, 15) is 4.79 Å². The molecule has 94 valence electrons. The average Bonchev–Trinajstić information content (AvgIpc) is 2.28.